The predicted molar refractivity (Wildman–Crippen MR) is 75.5 cm³/mol. The lowest BCUT2D eigenvalue weighted by Crippen LogP contribution is -2.52. The Kier molecular flexibility index (Phi) is 3.45. The lowest BCUT2D eigenvalue weighted by molar-refractivity contribution is -0.136. The number of carbonyl (C=O) groups excluding carboxylic acids is 3. The normalized spacial score (nSPS) is 21.8. The summed E-state index contributed by atoms with van der Waals surface area (Å²) in [5, 5.41) is 2.20. The Morgan fingerprint density at radius 1 is 1.23 bits per heavy atom. The van der Waals surface area contributed by atoms with Gasteiger partial charge in [-0.3, -0.25) is 19.7 Å². The van der Waals surface area contributed by atoms with Gasteiger partial charge >= 0.3 is 0 Å². The number of piperidine rings is 1. The molecule has 0 radical (unpaired) electrons. The molecule has 7 nitrogen and oxygen atoms in total. The maximum absolute atomic E-state index is 12.4. The third-order valence-corrected chi connectivity index (χ3v) is 5.13. The number of hydrogen-bond donors (Lipinski definition) is 1. The summed E-state index contributed by atoms with van der Waals surface area (Å²) in [7, 11) is 1.41. The summed E-state index contributed by atoms with van der Waals surface area (Å²) < 4.78 is 22.7. The quantitative estimate of drug-likeness (QED) is 0.618. The van der Waals surface area contributed by atoms with Crippen molar-refractivity contribution in [1.82, 2.24) is 10.2 Å². The second-order valence-electron chi connectivity index (χ2n) is 5.16. The van der Waals surface area contributed by atoms with Crippen LogP contribution in [0, 0.1) is 0 Å². The third kappa shape index (κ3) is 2.48. The largest absolute Gasteiger partial charge is 0.322 e. The first kappa shape index (κ1) is 15.0. The first-order valence-electron chi connectivity index (χ1n) is 6.49. The maximum atomic E-state index is 12.4. The first-order chi connectivity index (χ1) is 10.3. The summed E-state index contributed by atoms with van der Waals surface area (Å²) >= 11 is 0. The van der Waals surface area contributed by atoms with Crippen molar-refractivity contribution in [3.8, 4) is 0 Å². The van der Waals surface area contributed by atoms with E-state index in [1.807, 2.05) is 0 Å². The number of rotatable bonds is 2. The highest BCUT2D eigenvalue weighted by molar-refractivity contribution is 8.13. The molecule has 3 amide bonds. The molecule has 1 saturated heterocycles. The van der Waals surface area contributed by atoms with Crippen molar-refractivity contribution in [2.75, 3.05) is 0 Å². The van der Waals surface area contributed by atoms with Crippen LogP contribution < -0.4 is 5.32 Å². The Bertz CT molecular complexity index is 805. The molecule has 22 heavy (non-hydrogen) atoms. The number of imide groups is 1. The Labute approximate surface area is 130 Å². The van der Waals surface area contributed by atoms with Crippen molar-refractivity contribution in [2.24, 2.45) is 0 Å². The van der Waals surface area contributed by atoms with E-state index in [-0.39, 0.29) is 36.1 Å². The Balaban J connectivity index is 1.91. The fourth-order valence-electron chi connectivity index (χ4n) is 2.70. The molecule has 2 aliphatic heterocycles. The minimum atomic E-state index is -3.88. The first-order valence-corrected chi connectivity index (χ1v) is 8.80. The third-order valence-electron chi connectivity index (χ3n) is 3.78. The fourth-order valence-corrected chi connectivity index (χ4v) is 3.50. The van der Waals surface area contributed by atoms with Crippen LogP contribution in [0.2, 0.25) is 0 Å². The molecule has 1 aromatic rings. The van der Waals surface area contributed by atoms with Gasteiger partial charge in [-0.15, -0.1) is 0 Å². The molecule has 1 fully saturated rings. The number of benzene rings is 1. The van der Waals surface area contributed by atoms with Crippen LogP contribution in [0.5, 0.6) is 0 Å². The van der Waals surface area contributed by atoms with E-state index < -0.39 is 21.0 Å². The zero-order valence-electron chi connectivity index (χ0n) is 11.2. The summed E-state index contributed by atoms with van der Waals surface area (Å²) in [5.74, 6) is -1.23. The molecule has 1 N–H and O–H groups in total. The molecular formula is C13H11ClN2O5S. The van der Waals surface area contributed by atoms with Crippen LogP contribution in [-0.2, 0) is 25.2 Å². The van der Waals surface area contributed by atoms with Gasteiger partial charge in [0.1, 0.15) is 6.04 Å². The average molecular weight is 343 g/mol. The highest BCUT2D eigenvalue weighted by atomic mass is 35.7. The molecule has 9 heteroatoms. The van der Waals surface area contributed by atoms with E-state index in [1.165, 1.54) is 23.1 Å². The molecule has 1 unspecified atom stereocenters. The van der Waals surface area contributed by atoms with E-state index in [0.29, 0.717) is 11.1 Å². The van der Waals surface area contributed by atoms with Crippen molar-refractivity contribution in [2.45, 2.75) is 30.3 Å². The van der Waals surface area contributed by atoms with Crippen molar-refractivity contribution in [3.05, 3.63) is 29.3 Å². The van der Waals surface area contributed by atoms with Gasteiger partial charge in [0.2, 0.25) is 11.8 Å². The fraction of sp³-hybridized carbons (Fsp3) is 0.308. The van der Waals surface area contributed by atoms with Crippen LogP contribution in [0.25, 0.3) is 0 Å². The summed E-state index contributed by atoms with van der Waals surface area (Å²) in [6.45, 7) is 0.112. The molecule has 2 aliphatic rings. The van der Waals surface area contributed by atoms with Gasteiger partial charge in [0, 0.05) is 29.2 Å². The van der Waals surface area contributed by atoms with Crippen molar-refractivity contribution < 1.29 is 22.8 Å². The van der Waals surface area contributed by atoms with Crippen molar-refractivity contribution >= 4 is 37.5 Å². The van der Waals surface area contributed by atoms with Gasteiger partial charge in [-0.25, -0.2) is 8.42 Å². The molecule has 1 aromatic carbocycles. The standard InChI is InChI=1S/C13H11ClN2O5S/c14-22(20,21)8-1-2-9-7(5-8)6-16(13(9)19)10-3-4-11(17)15-12(10)18/h1-2,5,10H,3-4,6H2,(H,15,17,18). The van der Waals surface area contributed by atoms with Gasteiger partial charge in [-0.1, -0.05) is 0 Å². The average Bonchev–Trinajstić information content (AvgIpc) is 2.75. The monoisotopic (exact) mass is 342 g/mol. The van der Waals surface area contributed by atoms with Gasteiger partial charge in [-0.05, 0) is 30.2 Å². The zero-order valence-corrected chi connectivity index (χ0v) is 12.8. The van der Waals surface area contributed by atoms with Gasteiger partial charge in [-0.2, -0.15) is 0 Å². The number of hydrogen-bond acceptors (Lipinski definition) is 5. The Morgan fingerprint density at radius 3 is 2.59 bits per heavy atom. The number of nitrogens with zero attached hydrogens (tertiary/aromatic N) is 1. The maximum Gasteiger partial charge on any atom is 0.261 e. The molecule has 0 saturated carbocycles. The van der Waals surface area contributed by atoms with Crippen molar-refractivity contribution in [1.29, 1.82) is 0 Å². The summed E-state index contributed by atoms with van der Waals surface area (Å²) in [6.07, 6.45) is 0.420. The van der Waals surface area contributed by atoms with E-state index >= 15 is 0 Å². The zero-order chi connectivity index (χ0) is 16.1. The lowest BCUT2D eigenvalue weighted by atomic mass is 10.0. The minimum Gasteiger partial charge on any atom is -0.322 e. The predicted octanol–water partition coefficient (Wildman–Crippen LogP) is 0.375. The second-order valence-corrected chi connectivity index (χ2v) is 7.72. The molecular weight excluding hydrogens is 332 g/mol. The lowest BCUT2D eigenvalue weighted by Gasteiger charge is -2.29. The van der Waals surface area contributed by atoms with Crippen LogP contribution in [0.4, 0.5) is 0 Å². The number of amides is 3. The number of halogens is 1. The molecule has 0 spiro atoms. The van der Waals surface area contributed by atoms with E-state index in [1.54, 1.807) is 0 Å². The Morgan fingerprint density at radius 2 is 1.95 bits per heavy atom. The number of nitrogens with one attached hydrogen (secondary N) is 1. The molecule has 0 bridgehead atoms. The highest BCUT2D eigenvalue weighted by Crippen LogP contribution is 2.29. The summed E-state index contributed by atoms with van der Waals surface area (Å²) in [6, 6.07) is 3.25. The molecule has 0 aliphatic carbocycles. The van der Waals surface area contributed by atoms with Crippen molar-refractivity contribution in [3.63, 3.8) is 0 Å². The number of carbonyl (C=O) groups is 3. The molecule has 116 valence electrons. The van der Waals surface area contributed by atoms with E-state index in [2.05, 4.69) is 5.32 Å². The van der Waals surface area contributed by atoms with Crippen LogP contribution in [0.3, 0.4) is 0 Å². The summed E-state index contributed by atoms with van der Waals surface area (Å²) in [4.78, 5) is 36.7. The summed E-state index contributed by atoms with van der Waals surface area (Å²) in [5.41, 5.74) is 0.838. The smallest absolute Gasteiger partial charge is 0.261 e. The van der Waals surface area contributed by atoms with E-state index in [9.17, 15) is 22.8 Å². The molecule has 0 aromatic heterocycles. The second kappa shape index (κ2) is 5.06. The van der Waals surface area contributed by atoms with Gasteiger partial charge < -0.3 is 4.90 Å². The molecule has 1 atom stereocenters. The van der Waals surface area contributed by atoms with Crippen LogP contribution in [0.1, 0.15) is 28.8 Å². The van der Waals surface area contributed by atoms with E-state index in [4.69, 9.17) is 10.7 Å². The topological polar surface area (TPSA) is 101 Å². The minimum absolute atomic E-state index is 0.0918. The van der Waals surface area contributed by atoms with Gasteiger partial charge in [0.05, 0.1) is 4.90 Å². The van der Waals surface area contributed by atoms with Crippen LogP contribution in [-0.4, -0.2) is 37.1 Å². The number of fused-ring (bicyclic) bond motifs is 1. The van der Waals surface area contributed by atoms with E-state index in [0.717, 1.165) is 0 Å². The Hall–Kier alpha value is -1.93. The highest BCUT2D eigenvalue weighted by Gasteiger charge is 2.39. The van der Waals surface area contributed by atoms with Crippen LogP contribution in [0.15, 0.2) is 23.1 Å². The SMILES string of the molecule is O=C1CCC(N2Cc3cc(S(=O)(=O)Cl)ccc3C2=O)C(=O)N1. The molecule has 2 heterocycles. The van der Waals surface area contributed by atoms with Gasteiger partial charge in [0.25, 0.3) is 15.0 Å². The van der Waals surface area contributed by atoms with Crippen LogP contribution >= 0.6 is 10.7 Å². The molecule has 3 rings (SSSR count). The van der Waals surface area contributed by atoms with Gasteiger partial charge in [0.15, 0.2) is 0 Å².